The van der Waals surface area contributed by atoms with Gasteiger partial charge in [-0.15, -0.1) is 0 Å². The van der Waals surface area contributed by atoms with Crippen molar-refractivity contribution in [2.24, 2.45) is 28.6 Å². The zero-order chi connectivity index (χ0) is 42.7. The Morgan fingerprint density at radius 1 is 1.05 bits per heavy atom. The Kier molecular flexibility index (Phi) is 12.1. The van der Waals surface area contributed by atoms with Crippen molar-refractivity contribution in [2.45, 2.75) is 155 Å². The van der Waals surface area contributed by atoms with Crippen molar-refractivity contribution in [1.82, 2.24) is 5.32 Å². The van der Waals surface area contributed by atoms with Crippen LogP contribution in [0.2, 0.25) is 0 Å². The Balaban J connectivity index is 1.51. The van der Waals surface area contributed by atoms with Gasteiger partial charge in [0.2, 0.25) is 0 Å². The molecule has 1 amide bonds. The van der Waals surface area contributed by atoms with E-state index < -0.39 is 101 Å². The number of aliphatic hydroxyl groups is 2. The lowest BCUT2D eigenvalue weighted by molar-refractivity contribution is -0.354. The third-order valence-corrected chi connectivity index (χ3v) is 12.9. The molecule has 4 fully saturated rings. The van der Waals surface area contributed by atoms with Crippen LogP contribution in [0.25, 0.3) is 0 Å². The van der Waals surface area contributed by atoms with Crippen molar-refractivity contribution in [3.05, 3.63) is 59.7 Å². The van der Waals surface area contributed by atoms with E-state index in [2.05, 4.69) is 11.9 Å². The minimum atomic E-state index is -1.81. The average molecular weight is 812 g/mol. The number of hydrogen-bond donors (Lipinski definition) is 3. The molecule has 0 radical (unpaired) electrons. The summed E-state index contributed by atoms with van der Waals surface area (Å²) in [6, 6.07) is 7.46. The minimum Gasteiger partial charge on any atom is -0.457 e. The second kappa shape index (κ2) is 16.0. The van der Waals surface area contributed by atoms with Gasteiger partial charge in [-0.3, -0.25) is 4.79 Å². The highest BCUT2D eigenvalue weighted by Crippen LogP contribution is 2.68. The van der Waals surface area contributed by atoms with Gasteiger partial charge in [-0.25, -0.2) is 14.4 Å². The molecular weight excluding hydrogens is 750 g/mol. The molecule has 13 atom stereocenters. The van der Waals surface area contributed by atoms with Gasteiger partial charge in [0.1, 0.15) is 23.9 Å². The van der Waals surface area contributed by atoms with Crippen molar-refractivity contribution in [3.63, 3.8) is 0 Å². The molecule has 2 saturated heterocycles. The first-order valence-corrected chi connectivity index (χ1v) is 20.3. The van der Waals surface area contributed by atoms with E-state index in [1.165, 1.54) is 13.0 Å². The molecule has 0 unspecified atom stereocenters. The van der Waals surface area contributed by atoms with Crippen LogP contribution in [0, 0.1) is 28.6 Å². The van der Waals surface area contributed by atoms with Crippen LogP contribution in [-0.4, -0.2) is 107 Å². The van der Waals surface area contributed by atoms with Crippen molar-refractivity contribution < 1.29 is 62.5 Å². The van der Waals surface area contributed by atoms with Crippen LogP contribution in [0.3, 0.4) is 0 Å². The predicted molar refractivity (Wildman–Crippen MR) is 209 cm³/mol. The van der Waals surface area contributed by atoms with Crippen molar-refractivity contribution in [3.8, 4) is 0 Å². The van der Waals surface area contributed by atoms with Crippen LogP contribution in [0.15, 0.2) is 54.1 Å². The van der Waals surface area contributed by atoms with E-state index in [0.29, 0.717) is 24.2 Å². The number of amides is 1. The molecule has 14 heteroatoms. The molecule has 58 heavy (non-hydrogen) atoms. The van der Waals surface area contributed by atoms with Crippen LogP contribution in [-0.2, 0) is 42.7 Å². The fraction of sp³-hybridized carbons (Fsp3) is 0.682. The van der Waals surface area contributed by atoms with Gasteiger partial charge in [-0.2, -0.15) is 0 Å². The van der Waals surface area contributed by atoms with Crippen LogP contribution in [0.1, 0.15) is 98.9 Å². The molecule has 0 spiro atoms. The molecule has 3 aliphatic carbocycles. The number of alkyl carbamates (subject to hydrolysis) is 1. The molecule has 1 aromatic carbocycles. The number of aliphatic hydroxyl groups excluding tert-OH is 1. The number of carbonyl (C=O) groups excluding carboxylic acids is 4. The number of carbonyl (C=O) groups is 4. The third kappa shape index (κ3) is 7.82. The Hall–Kier alpha value is -3.82. The van der Waals surface area contributed by atoms with E-state index in [-0.39, 0.29) is 36.3 Å². The highest BCUT2D eigenvalue weighted by atomic mass is 16.7. The summed E-state index contributed by atoms with van der Waals surface area (Å²) in [6.07, 6.45) is -6.56. The minimum absolute atomic E-state index is 0.0425. The summed E-state index contributed by atoms with van der Waals surface area (Å²) in [6.45, 7) is 21.4. The standard InChI is InChI=1S/C44H61NO13/c1-12-31-55-30-19-28-26(21-52-28)33-36(57-38(48)25-16-14-13-15-17-25)44(42(9,10)51)20-29(23(4)32(44)35(53-24(5)46)37(56-31)43(30,33)11)54-39(49)34(47)27(18-22(2)3)45-40(50)58-41(6,7)8/h12-17,22,26-31,33-37,47,51H,1,18-21H2,2-11H3,(H,45,50)/t26-,27+,28-,29+,30+,31-,33+,34-,35+,36+,37+,43-,44-/m1/s1. The lowest BCUT2D eigenvalue weighted by atomic mass is 9.51. The summed E-state index contributed by atoms with van der Waals surface area (Å²) in [5.41, 5.74) is -4.03. The molecule has 14 nitrogen and oxygen atoms in total. The van der Waals surface area contributed by atoms with Gasteiger partial charge >= 0.3 is 24.0 Å². The Morgan fingerprint density at radius 2 is 1.72 bits per heavy atom. The maximum atomic E-state index is 14.4. The lowest BCUT2D eigenvalue weighted by Gasteiger charge is -2.63. The molecule has 0 bridgehead atoms. The van der Waals surface area contributed by atoms with Gasteiger partial charge in [0.25, 0.3) is 0 Å². The van der Waals surface area contributed by atoms with Crippen LogP contribution in [0.5, 0.6) is 0 Å². The molecule has 320 valence electrons. The van der Waals surface area contributed by atoms with Crippen molar-refractivity contribution in [2.75, 3.05) is 6.61 Å². The number of esters is 3. The second-order valence-corrected chi connectivity index (χ2v) is 18.8. The number of rotatable bonds is 11. The Morgan fingerprint density at radius 3 is 2.28 bits per heavy atom. The van der Waals surface area contributed by atoms with Crippen molar-refractivity contribution >= 4 is 24.0 Å². The van der Waals surface area contributed by atoms with Gasteiger partial charge in [0.05, 0.1) is 41.4 Å². The topological polar surface area (TPSA) is 185 Å². The summed E-state index contributed by atoms with van der Waals surface area (Å²) in [5, 5.41) is 26.9. The van der Waals surface area contributed by atoms with Crippen LogP contribution >= 0.6 is 0 Å². The van der Waals surface area contributed by atoms with Crippen LogP contribution in [0.4, 0.5) is 4.79 Å². The van der Waals surface area contributed by atoms with Crippen LogP contribution < -0.4 is 5.32 Å². The van der Waals surface area contributed by atoms with E-state index in [0.717, 1.165) is 0 Å². The highest BCUT2D eigenvalue weighted by Gasteiger charge is 2.76. The summed E-state index contributed by atoms with van der Waals surface area (Å²) in [5.74, 6) is -3.13. The largest absolute Gasteiger partial charge is 0.457 e. The first kappa shape index (κ1) is 43.8. The quantitative estimate of drug-likeness (QED) is 0.151. The Labute approximate surface area is 340 Å². The first-order chi connectivity index (χ1) is 27.0. The molecule has 1 aromatic rings. The van der Waals surface area contributed by atoms with E-state index >= 15 is 0 Å². The molecule has 2 aliphatic heterocycles. The normalized spacial score (nSPS) is 35.2. The maximum absolute atomic E-state index is 14.4. The third-order valence-electron chi connectivity index (χ3n) is 12.9. The van der Waals surface area contributed by atoms with Gasteiger partial charge in [-0.05, 0) is 83.2 Å². The summed E-state index contributed by atoms with van der Waals surface area (Å²) in [4.78, 5) is 54.6. The summed E-state index contributed by atoms with van der Waals surface area (Å²) >= 11 is 0. The molecule has 0 aromatic heterocycles. The van der Waals surface area contributed by atoms with E-state index in [4.69, 9.17) is 33.2 Å². The number of nitrogens with one attached hydrogen (secondary N) is 1. The number of hydrogen-bond acceptors (Lipinski definition) is 13. The maximum Gasteiger partial charge on any atom is 0.407 e. The van der Waals surface area contributed by atoms with Gasteiger partial charge < -0.3 is 48.7 Å². The highest BCUT2D eigenvalue weighted by molar-refractivity contribution is 5.89. The molecule has 6 rings (SSSR count). The molecule has 2 saturated carbocycles. The summed E-state index contributed by atoms with van der Waals surface area (Å²) in [7, 11) is 0. The fourth-order valence-electron chi connectivity index (χ4n) is 10.4. The predicted octanol–water partition coefficient (Wildman–Crippen LogP) is 5.18. The smallest absolute Gasteiger partial charge is 0.407 e. The molecule has 5 aliphatic rings. The molecule has 2 heterocycles. The number of fused-ring (bicyclic) bond motifs is 3. The van der Waals surface area contributed by atoms with Gasteiger partial charge in [0.15, 0.2) is 18.5 Å². The van der Waals surface area contributed by atoms with E-state index in [9.17, 15) is 29.4 Å². The average Bonchev–Trinajstić information content (AvgIpc) is 3.37. The van der Waals surface area contributed by atoms with Gasteiger partial charge in [-0.1, -0.05) is 45.5 Å². The zero-order valence-electron chi connectivity index (χ0n) is 35.3. The molecule has 3 N–H and O–H groups in total. The van der Waals surface area contributed by atoms with Crippen molar-refractivity contribution in [1.29, 1.82) is 0 Å². The molecular formula is C44H61NO13. The SMILES string of the molecule is C=C[C@@H]1O[C@H]2C[C@H]3OC[C@H]3[C@H]3[C@H](OC(=O)c4ccccc4)[C@@]4(C(C)(C)O)C[C@H](OC(=O)[C@H](O)[C@H](CC(C)C)NC(=O)OC(C)(C)C)C(C)=C4[C@H](OC(C)=O)[C@H](O1)[C@@]32C. The fourth-order valence-corrected chi connectivity index (χ4v) is 10.4. The first-order valence-electron chi connectivity index (χ1n) is 20.3. The lowest BCUT2D eigenvalue weighted by Crippen LogP contribution is -2.71. The van der Waals surface area contributed by atoms with E-state index in [1.807, 2.05) is 20.8 Å². The van der Waals surface area contributed by atoms with Gasteiger partial charge in [0, 0.05) is 37.0 Å². The monoisotopic (exact) mass is 811 g/mol. The Bertz CT molecular complexity index is 1780. The van der Waals surface area contributed by atoms with E-state index in [1.54, 1.807) is 71.9 Å². The number of ether oxygens (including phenoxy) is 7. The number of benzene rings is 1. The zero-order valence-corrected chi connectivity index (χ0v) is 35.3. The summed E-state index contributed by atoms with van der Waals surface area (Å²) < 4.78 is 44.1. The second-order valence-electron chi connectivity index (χ2n) is 18.8.